The lowest BCUT2D eigenvalue weighted by atomic mass is 9.70. The van der Waals surface area contributed by atoms with E-state index < -0.39 is 5.41 Å². The Labute approximate surface area is 425 Å². The minimum Gasteiger partial charge on any atom is -0.310 e. The van der Waals surface area contributed by atoms with Crippen molar-refractivity contribution in [2.24, 2.45) is 0 Å². The molecule has 1 spiro atoms. The van der Waals surface area contributed by atoms with Crippen molar-refractivity contribution in [1.29, 1.82) is 0 Å². The highest BCUT2D eigenvalue weighted by Crippen LogP contribution is 2.64. The number of aromatic nitrogens is 1. The van der Waals surface area contributed by atoms with Crippen molar-refractivity contribution < 1.29 is 0 Å². The van der Waals surface area contributed by atoms with E-state index in [2.05, 4.69) is 289 Å². The minimum absolute atomic E-state index is 0.451. The SMILES string of the molecule is c1ccc(-c2ccc(-c3ccc(N(c4ccc(-c5ccc6c7ccc8ccccc8c7n(-c7ccccc7)c6c5)cc4)c4cccc5c4-c4ccccc4C54c5ccccc5-c5ccccc54)cc3)cc2)cc1. The molecular formula is C71H46N2. The second kappa shape index (κ2) is 16.3. The van der Waals surface area contributed by atoms with E-state index in [9.17, 15) is 0 Å². The van der Waals surface area contributed by atoms with Gasteiger partial charge in [-0.05, 0) is 126 Å². The number of para-hydroxylation sites is 1. The van der Waals surface area contributed by atoms with Crippen LogP contribution in [0.5, 0.6) is 0 Å². The Kier molecular flexibility index (Phi) is 9.21. The number of fused-ring (bicyclic) bond motifs is 15. The van der Waals surface area contributed by atoms with Crippen molar-refractivity contribution in [2.75, 3.05) is 4.90 Å². The molecule has 12 aromatic carbocycles. The molecule has 0 saturated carbocycles. The third-order valence-electron chi connectivity index (χ3n) is 15.8. The molecule has 2 nitrogen and oxygen atoms in total. The van der Waals surface area contributed by atoms with Crippen LogP contribution in [-0.2, 0) is 5.41 Å². The van der Waals surface area contributed by atoms with Crippen molar-refractivity contribution >= 4 is 49.6 Å². The molecule has 340 valence electrons. The van der Waals surface area contributed by atoms with Crippen LogP contribution in [0, 0.1) is 0 Å². The van der Waals surface area contributed by atoms with Crippen LogP contribution in [0.2, 0.25) is 0 Å². The van der Waals surface area contributed by atoms with E-state index in [1.165, 1.54) is 105 Å². The van der Waals surface area contributed by atoms with Crippen LogP contribution in [0.4, 0.5) is 17.1 Å². The lowest BCUT2D eigenvalue weighted by Crippen LogP contribution is -2.26. The van der Waals surface area contributed by atoms with Crippen molar-refractivity contribution in [2.45, 2.75) is 5.41 Å². The third-order valence-corrected chi connectivity index (χ3v) is 15.8. The summed E-state index contributed by atoms with van der Waals surface area (Å²) in [6, 6.07) is 103. The maximum Gasteiger partial charge on any atom is 0.0726 e. The van der Waals surface area contributed by atoms with E-state index in [-0.39, 0.29) is 0 Å². The van der Waals surface area contributed by atoms with Gasteiger partial charge >= 0.3 is 0 Å². The van der Waals surface area contributed by atoms with Gasteiger partial charge in [0.2, 0.25) is 0 Å². The first-order chi connectivity index (χ1) is 36.2. The van der Waals surface area contributed by atoms with E-state index in [0.29, 0.717) is 0 Å². The van der Waals surface area contributed by atoms with Crippen molar-refractivity contribution in [1.82, 2.24) is 4.57 Å². The third kappa shape index (κ3) is 6.17. The van der Waals surface area contributed by atoms with E-state index in [1.807, 2.05) is 0 Å². The topological polar surface area (TPSA) is 8.17 Å². The Morgan fingerprint density at radius 3 is 1.41 bits per heavy atom. The van der Waals surface area contributed by atoms with Crippen molar-refractivity contribution in [3.05, 3.63) is 301 Å². The van der Waals surface area contributed by atoms with Crippen LogP contribution in [0.25, 0.3) is 93.9 Å². The fourth-order valence-corrected chi connectivity index (χ4v) is 12.6. The summed E-state index contributed by atoms with van der Waals surface area (Å²) in [5.41, 5.74) is 24.1. The highest BCUT2D eigenvalue weighted by Gasteiger charge is 2.52. The average molecular weight is 927 g/mol. The highest BCUT2D eigenvalue weighted by atomic mass is 15.1. The van der Waals surface area contributed by atoms with Crippen LogP contribution >= 0.6 is 0 Å². The molecule has 0 radical (unpaired) electrons. The number of rotatable bonds is 7. The molecule has 0 atom stereocenters. The van der Waals surface area contributed by atoms with Gasteiger partial charge in [-0.3, -0.25) is 0 Å². The maximum absolute atomic E-state index is 2.48. The van der Waals surface area contributed by atoms with Crippen molar-refractivity contribution in [3.63, 3.8) is 0 Å². The first-order valence-corrected chi connectivity index (χ1v) is 25.3. The number of hydrogen-bond donors (Lipinski definition) is 0. The molecule has 73 heavy (non-hydrogen) atoms. The number of benzene rings is 12. The Bertz CT molecular complexity index is 4230. The summed E-state index contributed by atoms with van der Waals surface area (Å²) < 4.78 is 2.45. The van der Waals surface area contributed by atoms with Crippen LogP contribution in [0.15, 0.2) is 279 Å². The molecule has 15 rings (SSSR count). The molecule has 2 aliphatic rings. The van der Waals surface area contributed by atoms with Gasteiger partial charge in [0.05, 0.1) is 22.1 Å². The summed E-state index contributed by atoms with van der Waals surface area (Å²) in [5, 5.41) is 4.99. The van der Waals surface area contributed by atoms with Gasteiger partial charge < -0.3 is 9.47 Å². The number of anilines is 3. The average Bonchev–Trinajstić information content (AvgIpc) is 4.18. The van der Waals surface area contributed by atoms with Gasteiger partial charge in [-0.25, -0.2) is 0 Å². The molecule has 0 amide bonds. The van der Waals surface area contributed by atoms with Gasteiger partial charge in [-0.15, -0.1) is 0 Å². The van der Waals surface area contributed by atoms with E-state index in [4.69, 9.17) is 0 Å². The molecule has 0 N–H and O–H groups in total. The molecule has 1 aromatic heterocycles. The van der Waals surface area contributed by atoms with Crippen LogP contribution in [0.3, 0.4) is 0 Å². The molecule has 0 unspecified atom stereocenters. The molecule has 0 bridgehead atoms. The molecule has 13 aromatic rings. The van der Waals surface area contributed by atoms with Gasteiger partial charge in [0, 0.05) is 38.8 Å². The first kappa shape index (κ1) is 41.3. The molecule has 1 heterocycles. The maximum atomic E-state index is 2.48. The quantitative estimate of drug-likeness (QED) is 0.155. The largest absolute Gasteiger partial charge is 0.310 e. The summed E-state index contributed by atoms with van der Waals surface area (Å²) in [6.45, 7) is 0. The molecule has 2 heteroatoms. The smallest absolute Gasteiger partial charge is 0.0726 e. The van der Waals surface area contributed by atoms with Gasteiger partial charge in [0.15, 0.2) is 0 Å². The van der Waals surface area contributed by atoms with E-state index in [0.717, 1.165) is 28.3 Å². The highest BCUT2D eigenvalue weighted by molar-refractivity contribution is 6.19. The van der Waals surface area contributed by atoms with Gasteiger partial charge in [-0.1, -0.05) is 231 Å². The van der Waals surface area contributed by atoms with Crippen LogP contribution < -0.4 is 4.90 Å². The normalized spacial score (nSPS) is 12.8. The standard InChI is InChI=1S/C71H46N2/c1-3-16-47(17-4-1)48-30-32-49(33-31-48)50-34-40-55(41-35-50)72(67-29-15-28-66-69(67)62-24-11-14-27-65(62)71(66)63-25-12-9-22-58(63)59-23-10-13-26-64(59)71)56-42-36-51(37-43-56)53-39-44-60-61-45-38-52-18-7-8-21-57(52)70(61)73(68(60)46-53)54-19-5-2-6-20-54/h1-46H. The monoisotopic (exact) mass is 926 g/mol. The molecule has 2 aliphatic carbocycles. The summed E-state index contributed by atoms with van der Waals surface area (Å²) >= 11 is 0. The van der Waals surface area contributed by atoms with Crippen LogP contribution in [0.1, 0.15) is 22.3 Å². The molecule has 0 aliphatic heterocycles. The minimum atomic E-state index is -0.451. The zero-order valence-corrected chi connectivity index (χ0v) is 40.0. The lowest BCUT2D eigenvalue weighted by Gasteiger charge is -2.32. The van der Waals surface area contributed by atoms with Gasteiger partial charge in [0.1, 0.15) is 0 Å². The fraction of sp³-hybridized carbons (Fsp3) is 0.0141. The summed E-state index contributed by atoms with van der Waals surface area (Å²) in [7, 11) is 0. The summed E-state index contributed by atoms with van der Waals surface area (Å²) in [4.78, 5) is 2.48. The van der Waals surface area contributed by atoms with Crippen LogP contribution in [-0.4, -0.2) is 4.57 Å². The number of nitrogens with zero attached hydrogens (tertiary/aromatic N) is 2. The lowest BCUT2D eigenvalue weighted by molar-refractivity contribution is 0.794. The predicted octanol–water partition coefficient (Wildman–Crippen LogP) is 18.8. The molecule has 0 saturated heterocycles. The Morgan fingerprint density at radius 2 is 0.767 bits per heavy atom. The molecular weight excluding hydrogens is 881 g/mol. The zero-order chi connectivity index (χ0) is 48.0. The van der Waals surface area contributed by atoms with Gasteiger partial charge in [-0.2, -0.15) is 0 Å². The van der Waals surface area contributed by atoms with E-state index >= 15 is 0 Å². The first-order valence-electron chi connectivity index (χ1n) is 25.3. The second-order valence-corrected chi connectivity index (χ2v) is 19.5. The van der Waals surface area contributed by atoms with Crippen molar-refractivity contribution in [3.8, 4) is 61.3 Å². The number of hydrogen-bond acceptors (Lipinski definition) is 1. The summed E-state index contributed by atoms with van der Waals surface area (Å²) in [5.74, 6) is 0. The second-order valence-electron chi connectivity index (χ2n) is 19.5. The summed E-state index contributed by atoms with van der Waals surface area (Å²) in [6.07, 6.45) is 0. The fourth-order valence-electron chi connectivity index (χ4n) is 12.6. The predicted molar refractivity (Wildman–Crippen MR) is 306 cm³/mol. The Hall–Kier alpha value is -9.50. The Balaban J connectivity index is 0.896. The molecule has 0 fully saturated rings. The zero-order valence-electron chi connectivity index (χ0n) is 40.0. The van der Waals surface area contributed by atoms with Gasteiger partial charge in [0.25, 0.3) is 0 Å². The van der Waals surface area contributed by atoms with E-state index in [1.54, 1.807) is 0 Å². The Morgan fingerprint density at radius 1 is 0.301 bits per heavy atom.